The average Bonchev–Trinajstić information content (AvgIpc) is 2.55. The molecule has 1 aromatic carbocycles. The Kier molecular flexibility index (Phi) is 11.1. The van der Waals surface area contributed by atoms with Crippen molar-refractivity contribution in [2.45, 2.75) is 18.9 Å². The Morgan fingerprint density at radius 2 is 2.04 bits per heavy atom. The molecule has 0 aromatic heterocycles. The summed E-state index contributed by atoms with van der Waals surface area (Å²) >= 11 is 0. The maximum absolute atomic E-state index is 10.9. The largest absolute Gasteiger partial charge is 0.480 e. The van der Waals surface area contributed by atoms with Gasteiger partial charge in [0, 0.05) is 6.21 Å². The highest BCUT2D eigenvalue weighted by Crippen LogP contribution is 2.05. The molecule has 7 nitrogen and oxygen atoms in total. The summed E-state index contributed by atoms with van der Waals surface area (Å²) in [7, 11) is 0. The van der Waals surface area contributed by atoms with Crippen LogP contribution in [0.15, 0.2) is 35.3 Å². The summed E-state index contributed by atoms with van der Waals surface area (Å²) in [6.45, 7) is 0.459. The molecule has 1 rings (SSSR count). The molecule has 0 saturated heterocycles. The summed E-state index contributed by atoms with van der Waals surface area (Å²) in [6.07, 6.45) is 6.78. The van der Waals surface area contributed by atoms with Gasteiger partial charge in [0.25, 0.3) is 0 Å². The molecule has 6 N–H and O–H groups in total. The van der Waals surface area contributed by atoms with E-state index in [2.05, 4.69) is 10.7 Å². The number of hydrogen-bond acceptors (Lipinski definition) is 5. The van der Waals surface area contributed by atoms with Crippen molar-refractivity contribution in [3.05, 3.63) is 41.5 Å². The first-order valence-corrected chi connectivity index (χ1v) is 6.92. The average molecular weight is 315 g/mol. The second-order valence-corrected chi connectivity index (χ2v) is 4.34. The van der Waals surface area contributed by atoms with E-state index in [0.29, 0.717) is 24.9 Å². The number of carboxylic acid groups (broad SMARTS) is 1. The lowest BCUT2D eigenvalue weighted by molar-refractivity contribution is -0.138. The van der Waals surface area contributed by atoms with Gasteiger partial charge >= 0.3 is 5.97 Å². The monoisotopic (exact) mass is 315 g/mol. The summed E-state index contributed by atoms with van der Waals surface area (Å²) in [5.41, 5.74) is 11.3. The highest BCUT2D eigenvalue weighted by Gasteiger charge is 2.13. The number of nitrogens with one attached hydrogen (secondary N) is 1. The van der Waals surface area contributed by atoms with Gasteiger partial charge in [0.05, 0.1) is 18.0 Å². The van der Waals surface area contributed by atoms with Crippen molar-refractivity contribution in [1.82, 2.24) is 0 Å². The molecule has 1 atom stereocenters. The molecular formula is C16H21N5O2. The number of carboxylic acids is 1. The molecular weight excluding hydrogens is 294 g/mol. The Labute approximate surface area is 135 Å². The van der Waals surface area contributed by atoms with Crippen LogP contribution >= 0.6 is 0 Å². The molecule has 122 valence electrons. The number of nitriles is 1. The van der Waals surface area contributed by atoms with Crippen LogP contribution in [0.2, 0.25) is 0 Å². The first kappa shape index (κ1) is 20.0. The summed E-state index contributed by atoms with van der Waals surface area (Å²) in [4.78, 5) is 14.9. The minimum atomic E-state index is -0.943. The van der Waals surface area contributed by atoms with Gasteiger partial charge < -0.3 is 16.6 Å². The molecule has 0 radical (unpaired) electrons. The second-order valence-electron chi connectivity index (χ2n) is 4.34. The van der Waals surface area contributed by atoms with Crippen molar-refractivity contribution in [1.29, 1.82) is 10.7 Å². The van der Waals surface area contributed by atoms with Gasteiger partial charge in [0.1, 0.15) is 6.04 Å². The van der Waals surface area contributed by atoms with Crippen LogP contribution in [0.1, 0.15) is 24.0 Å². The minimum Gasteiger partial charge on any atom is -0.480 e. The third kappa shape index (κ3) is 9.55. The van der Waals surface area contributed by atoms with Crippen molar-refractivity contribution in [2.75, 3.05) is 6.54 Å². The zero-order valence-electron chi connectivity index (χ0n) is 12.7. The van der Waals surface area contributed by atoms with E-state index < -0.39 is 12.0 Å². The number of allylic oxidation sites excluding steroid dienone is 1. The van der Waals surface area contributed by atoms with Crippen molar-refractivity contribution in [3.8, 4) is 6.07 Å². The molecule has 1 unspecified atom stereocenters. The smallest absolute Gasteiger partial charge is 0.328 e. The Bertz CT molecular complexity index is 573. The molecule has 0 fully saturated rings. The number of rotatable bonds is 7. The summed E-state index contributed by atoms with van der Waals surface area (Å²) in [5, 5.41) is 23.5. The van der Waals surface area contributed by atoms with Crippen molar-refractivity contribution < 1.29 is 9.90 Å². The molecule has 0 spiro atoms. The highest BCUT2D eigenvalue weighted by molar-refractivity contribution is 5.82. The van der Waals surface area contributed by atoms with Crippen molar-refractivity contribution in [2.24, 2.45) is 16.5 Å². The van der Waals surface area contributed by atoms with E-state index in [-0.39, 0.29) is 0 Å². The van der Waals surface area contributed by atoms with Gasteiger partial charge in [-0.3, -0.25) is 10.4 Å². The van der Waals surface area contributed by atoms with E-state index in [4.69, 9.17) is 21.5 Å². The fourth-order valence-corrected chi connectivity index (χ4v) is 1.55. The predicted molar refractivity (Wildman–Crippen MR) is 91.4 cm³/mol. The fourth-order valence-electron chi connectivity index (χ4n) is 1.55. The standard InChI is InChI=1S/C15H17N3O2.CH4N2/c16-9-1-4-14(15(19)20)18-10-2-3-12-5-7-13(11-17)8-6-12;2-1-3/h2-3,5-8,10,14H,1,4,9,16H2,(H,19,20);1H,(H3,2,3)/b3-2+,18-10?;. The maximum atomic E-state index is 10.9. The van der Waals surface area contributed by atoms with E-state index >= 15 is 0 Å². The lowest BCUT2D eigenvalue weighted by Gasteiger charge is -2.04. The van der Waals surface area contributed by atoms with Gasteiger partial charge in [-0.25, -0.2) is 4.79 Å². The Morgan fingerprint density at radius 1 is 1.43 bits per heavy atom. The molecule has 0 aliphatic rings. The lowest BCUT2D eigenvalue weighted by Crippen LogP contribution is -2.19. The zero-order valence-corrected chi connectivity index (χ0v) is 12.7. The first-order chi connectivity index (χ1) is 11.1. The number of hydrogen-bond donors (Lipinski definition) is 4. The summed E-state index contributed by atoms with van der Waals surface area (Å²) in [5.74, 6) is -0.943. The zero-order chi connectivity index (χ0) is 17.5. The number of nitrogens with two attached hydrogens (primary N) is 2. The predicted octanol–water partition coefficient (Wildman–Crippen LogP) is 1.39. The molecule has 23 heavy (non-hydrogen) atoms. The van der Waals surface area contributed by atoms with Crippen LogP contribution in [-0.4, -0.2) is 36.2 Å². The van der Waals surface area contributed by atoms with Crippen LogP contribution in [-0.2, 0) is 4.79 Å². The van der Waals surface area contributed by atoms with Gasteiger partial charge in [0.15, 0.2) is 0 Å². The molecule has 1 aromatic rings. The molecule has 0 bridgehead atoms. The van der Waals surface area contributed by atoms with E-state index in [1.54, 1.807) is 24.3 Å². The van der Waals surface area contributed by atoms with Gasteiger partial charge in [-0.15, -0.1) is 0 Å². The van der Waals surface area contributed by atoms with E-state index in [0.717, 1.165) is 11.9 Å². The second kappa shape index (κ2) is 12.7. The molecule has 0 heterocycles. The summed E-state index contributed by atoms with van der Waals surface area (Å²) < 4.78 is 0. The van der Waals surface area contributed by atoms with E-state index in [1.807, 2.05) is 18.2 Å². The number of aliphatic imine (C=N–C) groups is 1. The van der Waals surface area contributed by atoms with E-state index in [1.165, 1.54) is 6.21 Å². The van der Waals surface area contributed by atoms with Gasteiger partial charge in [-0.2, -0.15) is 5.26 Å². The fraction of sp³-hybridized carbons (Fsp3) is 0.250. The molecule has 0 aliphatic carbocycles. The first-order valence-electron chi connectivity index (χ1n) is 6.92. The topological polar surface area (TPSA) is 149 Å². The normalized spacial score (nSPS) is 11.5. The highest BCUT2D eigenvalue weighted by atomic mass is 16.4. The van der Waals surface area contributed by atoms with Crippen LogP contribution in [0.4, 0.5) is 0 Å². The Morgan fingerprint density at radius 3 is 2.52 bits per heavy atom. The third-order valence-corrected chi connectivity index (χ3v) is 2.65. The quantitative estimate of drug-likeness (QED) is 0.443. The molecule has 0 saturated carbocycles. The number of carbonyl (C=O) groups is 1. The van der Waals surface area contributed by atoms with Crippen molar-refractivity contribution >= 4 is 24.6 Å². The van der Waals surface area contributed by atoms with Crippen LogP contribution in [0.3, 0.4) is 0 Å². The Balaban J connectivity index is 0.00000149. The molecule has 0 aliphatic heterocycles. The van der Waals surface area contributed by atoms with Gasteiger partial charge in [-0.1, -0.05) is 18.2 Å². The van der Waals surface area contributed by atoms with Crippen LogP contribution in [0.25, 0.3) is 6.08 Å². The number of benzene rings is 1. The van der Waals surface area contributed by atoms with Gasteiger partial charge in [-0.05, 0) is 43.2 Å². The summed E-state index contributed by atoms with van der Waals surface area (Å²) in [6, 6.07) is 8.36. The van der Waals surface area contributed by atoms with Crippen LogP contribution in [0.5, 0.6) is 0 Å². The number of nitrogens with zero attached hydrogens (tertiary/aromatic N) is 2. The van der Waals surface area contributed by atoms with Crippen molar-refractivity contribution in [3.63, 3.8) is 0 Å². The lowest BCUT2D eigenvalue weighted by atomic mass is 10.1. The molecule has 7 heteroatoms. The van der Waals surface area contributed by atoms with Crippen LogP contribution in [0, 0.1) is 16.7 Å². The SMILES string of the molecule is N#Cc1ccc(/C=C/C=NC(CCCN)C(=O)O)cc1.N=CN. The third-order valence-electron chi connectivity index (χ3n) is 2.65. The minimum absolute atomic E-state index is 0.438. The van der Waals surface area contributed by atoms with E-state index in [9.17, 15) is 4.79 Å². The van der Waals surface area contributed by atoms with Crippen LogP contribution < -0.4 is 11.5 Å². The number of aliphatic carboxylic acids is 1. The Hall–Kier alpha value is -2.98. The molecule has 0 amide bonds. The van der Waals surface area contributed by atoms with Gasteiger partial charge in [0.2, 0.25) is 0 Å². The maximum Gasteiger partial charge on any atom is 0.328 e.